The van der Waals surface area contributed by atoms with Gasteiger partial charge in [0.25, 0.3) is 0 Å². The number of hydrogen-bond acceptors (Lipinski definition) is 4. The van der Waals surface area contributed by atoms with E-state index >= 15 is 0 Å². The number of carbonyl (C=O) groups is 1. The number of esters is 1. The maximum absolute atomic E-state index is 13.8. The molecule has 0 atom stereocenters. The molecule has 2 aromatic rings. The zero-order valence-corrected chi connectivity index (χ0v) is 11.0. The van der Waals surface area contributed by atoms with E-state index in [4.69, 9.17) is 9.15 Å². The second-order valence-corrected chi connectivity index (χ2v) is 4.20. The van der Waals surface area contributed by atoms with Crippen molar-refractivity contribution in [3.63, 3.8) is 0 Å². The van der Waals surface area contributed by atoms with Crippen molar-refractivity contribution in [3.05, 3.63) is 40.6 Å². The number of oxazole rings is 1. The number of rotatable bonds is 3. The highest BCUT2D eigenvalue weighted by atomic mass is 79.9. The fourth-order valence-electron chi connectivity index (χ4n) is 1.48. The molecule has 18 heavy (non-hydrogen) atoms. The molecule has 1 aromatic heterocycles. The summed E-state index contributed by atoms with van der Waals surface area (Å²) >= 11 is 3.21. The molecule has 4 nitrogen and oxygen atoms in total. The van der Waals surface area contributed by atoms with Crippen molar-refractivity contribution in [3.8, 4) is 11.3 Å². The lowest BCUT2D eigenvalue weighted by Gasteiger charge is -2.04. The Balaban J connectivity index is 2.52. The van der Waals surface area contributed by atoms with Crippen LogP contribution in [0.2, 0.25) is 0 Å². The van der Waals surface area contributed by atoms with Crippen LogP contribution in [0.15, 0.2) is 33.5 Å². The summed E-state index contributed by atoms with van der Waals surface area (Å²) in [5.74, 6) is -1.10. The van der Waals surface area contributed by atoms with E-state index < -0.39 is 11.8 Å². The Morgan fingerprint density at radius 2 is 2.33 bits per heavy atom. The molecule has 0 saturated heterocycles. The van der Waals surface area contributed by atoms with Crippen LogP contribution >= 0.6 is 15.9 Å². The molecule has 6 heteroatoms. The number of halogens is 2. The van der Waals surface area contributed by atoms with E-state index in [1.54, 1.807) is 19.1 Å². The number of carbonyl (C=O) groups excluding carboxylic acids is 1. The Morgan fingerprint density at radius 3 is 3.00 bits per heavy atom. The van der Waals surface area contributed by atoms with E-state index in [1.807, 2.05) is 0 Å². The lowest BCUT2D eigenvalue weighted by molar-refractivity contribution is 0.0520. The van der Waals surface area contributed by atoms with E-state index in [9.17, 15) is 9.18 Å². The summed E-state index contributed by atoms with van der Waals surface area (Å²) in [6.07, 6.45) is 1.08. The molecule has 0 saturated carbocycles. The van der Waals surface area contributed by atoms with Gasteiger partial charge in [0.15, 0.2) is 17.8 Å². The van der Waals surface area contributed by atoms with Crippen molar-refractivity contribution in [2.75, 3.05) is 6.61 Å². The molecule has 0 aliphatic carbocycles. The Morgan fingerprint density at radius 1 is 1.56 bits per heavy atom. The number of benzene rings is 1. The van der Waals surface area contributed by atoms with Crippen LogP contribution in [0, 0.1) is 5.82 Å². The van der Waals surface area contributed by atoms with Crippen molar-refractivity contribution in [1.82, 2.24) is 4.98 Å². The normalized spacial score (nSPS) is 10.4. The second-order valence-electron chi connectivity index (χ2n) is 3.35. The van der Waals surface area contributed by atoms with Crippen molar-refractivity contribution in [2.45, 2.75) is 6.92 Å². The molecule has 0 radical (unpaired) electrons. The van der Waals surface area contributed by atoms with E-state index in [1.165, 1.54) is 6.07 Å². The van der Waals surface area contributed by atoms with Crippen LogP contribution in [0.1, 0.15) is 17.4 Å². The second kappa shape index (κ2) is 5.30. The maximum Gasteiger partial charge on any atom is 0.360 e. The van der Waals surface area contributed by atoms with Crippen LogP contribution in [0.25, 0.3) is 11.3 Å². The molecule has 0 bridgehead atoms. The summed E-state index contributed by atoms with van der Waals surface area (Å²) in [6.45, 7) is 1.89. The molecule has 0 spiro atoms. The van der Waals surface area contributed by atoms with Gasteiger partial charge in [0, 0.05) is 4.47 Å². The first-order chi connectivity index (χ1) is 8.65. The van der Waals surface area contributed by atoms with Gasteiger partial charge in [-0.15, -0.1) is 0 Å². The third-order valence-corrected chi connectivity index (χ3v) is 2.89. The Labute approximate surface area is 111 Å². The van der Waals surface area contributed by atoms with Gasteiger partial charge in [-0.3, -0.25) is 0 Å². The molecule has 0 aliphatic heterocycles. The standard InChI is InChI=1S/C12H9BrFNO3/c1-2-17-12(16)10-11(18-6-15-10)9-7(13)4-3-5-8(9)14/h3-6H,2H2,1H3. The molecule has 94 valence electrons. The predicted octanol–water partition coefficient (Wildman–Crippen LogP) is 3.42. The van der Waals surface area contributed by atoms with Gasteiger partial charge < -0.3 is 9.15 Å². The number of aromatic nitrogens is 1. The third-order valence-electron chi connectivity index (χ3n) is 2.23. The molecule has 0 N–H and O–H groups in total. The van der Waals surface area contributed by atoms with E-state index in [0.29, 0.717) is 4.47 Å². The Kier molecular flexibility index (Phi) is 3.76. The molecule has 1 heterocycles. The number of nitrogens with zero attached hydrogens (tertiary/aromatic N) is 1. The van der Waals surface area contributed by atoms with Crippen molar-refractivity contribution in [1.29, 1.82) is 0 Å². The molecular formula is C12H9BrFNO3. The fourth-order valence-corrected chi connectivity index (χ4v) is 2.01. The largest absolute Gasteiger partial charge is 0.461 e. The molecule has 0 unspecified atom stereocenters. The fraction of sp³-hybridized carbons (Fsp3) is 0.167. The lowest BCUT2D eigenvalue weighted by Crippen LogP contribution is -2.06. The number of ether oxygens (including phenoxy) is 1. The van der Waals surface area contributed by atoms with Gasteiger partial charge in [-0.1, -0.05) is 6.07 Å². The van der Waals surface area contributed by atoms with Crippen LogP contribution in [0.5, 0.6) is 0 Å². The van der Waals surface area contributed by atoms with Gasteiger partial charge in [-0.25, -0.2) is 14.2 Å². The number of hydrogen-bond donors (Lipinski definition) is 0. The van der Waals surface area contributed by atoms with Gasteiger partial charge in [0.1, 0.15) is 5.82 Å². The van der Waals surface area contributed by atoms with Crippen LogP contribution in [0.3, 0.4) is 0 Å². The van der Waals surface area contributed by atoms with Crippen molar-refractivity contribution >= 4 is 21.9 Å². The molecule has 0 aliphatic rings. The van der Waals surface area contributed by atoms with Gasteiger partial charge in [0.05, 0.1) is 12.2 Å². The van der Waals surface area contributed by atoms with E-state index in [2.05, 4.69) is 20.9 Å². The Bertz CT molecular complexity index is 562. The topological polar surface area (TPSA) is 52.3 Å². The average molecular weight is 314 g/mol. The minimum Gasteiger partial charge on any atom is -0.461 e. The third kappa shape index (κ3) is 2.28. The monoisotopic (exact) mass is 313 g/mol. The molecule has 2 rings (SSSR count). The summed E-state index contributed by atoms with van der Waals surface area (Å²) < 4.78 is 24.2. The van der Waals surface area contributed by atoms with E-state index in [0.717, 1.165) is 6.39 Å². The van der Waals surface area contributed by atoms with Gasteiger partial charge in [0.2, 0.25) is 0 Å². The average Bonchev–Trinajstić information content (AvgIpc) is 2.78. The highest BCUT2D eigenvalue weighted by molar-refractivity contribution is 9.10. The summed E-state index contributed by atoms with van der Waals surface area (Å²) in [7, 11) is 0. The minimum absolute atomic E-state index is 0.0392. The van der Waals surface area contributed by atoms with Crippen LogP contribution in [-0.4, -0.2) is 17.6 Å². The predicted molar refractivity (Wildman–Crippen MR) is 65.6 cm³/mol. The van der Waals surface area contributed by atoms with Gasteiger partial charge in [-0.05, 0) is 35.0 Å². The summed E-state index contributed by atoms with van der Waals surface area (Å²) in [5, 5.41) is 0. The van der Waals surface area contributed by atoms with Gasteiger partial charge in [-0.2, -0.15) is 0 Å². The molecule has 0 amide bonds. The lowest BCUT2D eigenvalue weighted by atomic mass is 10.1. The first kappa shape index (κ1) is 12.8. The highest BCUT2D eigenvalue weighted by Crippen LogP contribution is 2.33. The molecule has 0 fully saturated rings. The SMILES string of the molecule is CCOC(=O)c1ncoc1-c1c(F)cccc1Br. The first-order valence-electron chi connectivity index (χ1n) is 5.20. The first-order valence-corrected chi connectivity index (χ1v) is 5.99. The van der Waals surface area contributed by atoms with Crippen LogP contribution in [-0.2, 0) is 4.74 Å². The highest BCUT2D eigenvalue weighted by Gasteiger charge is 2.23. The van der Waals surface area contributed by atoms with E-state index in [-0.39, 0.29) is 23.6 Å². The zero-order valence-electron chi connectivity index (χ0n) is 9.44. The Hall–Kier alpha value is -1.69. The summed E-state index contributed by atoms with van der Waals surface area (Å²) in [4.78, 5) is 15.4. The quantitative estimate of drug-likeness (QED) is 0.815. The van der Waals surface area contributed by atoms with Crippen molar-refractivity contribution in [2.24, 2.45) is 0 Å². The molecular weight excluding hydrogens is 305 g/mol. The van der Waals surface area contributed by atoms with Gasteiger partial charge >= 0.3 is 5.97 Å². The minimum atomic E-state index is -0.642. The smallest absolute Gasteiger partial charge is 0.360 e. The van der Waals surface area contributed by atoms with Crippen molar-refractivity contribution < 1.29 is 18.3 Å². The van der Waals surface area contributed by atoms with Crippen LogP contribution in [0.4, 0.5) is 4.39 Å². The maximum atomic E-state index is 13.8. The molecule has 1 aromatic carbocycles. The summed E-state index contributed by atoms with van der Waals surface area (Å²) in [5.41, 5.74) is 0.112. The zero-order chi connectivity index (χ0) is 13.1. The van der Waals surface area contributed by atoms with Crippen LogP contribution < -0.4 is 0 Å². The summed E-state index contributed by atoms with van der Waals surface area (Å²) in [6, 6.07) is 4.47.